The Morgan fingerprint density at radius 1 is 1.29 bits per heavy atom. The second-order valence-corrected chi connectivity index (χ2v) is 8.84. The number of carbonyl (C=O) groups excluding carboxylic acids is 1. The number of carbonyl (C=O) groups is 1. The molecule has 0 aliphatic rings. The van der Waals surface area contributed by atoms with Crippen LogP contribution in [-0.4, -0.2) is 12.0 Å². The fourth-order valence-electron chi connectivity index (χ4n) is 0.796. The smallest absolute Gasteiger partial charge is 0.340 e. The first-order valence-corrected chi connectivity index (χ1v) is 7.45. The summed E-state index contributed by atoms with van der Waals surface area (Å²) in [5, 5.41) is 0. The minimum Gasteiger partial charge on any atom is -0.434 e. The predicted octanol–water partition coefficient (Wildman–Crippen LogP) is 3.80. The van der Waals surface area contributed by atoms with E-state index in [1.165, 1.54) is 0 Å². The summed E-state index contributed by atoms with van der Waals surface area (Å²) >= 11 is 6.43. The van der Waals surface area contributed by atoms with Crippen LogP contribution in [0.25, 0.3) is 0 Å². The average molecular weight is 528 g/mol. The maximum Gasteiger partial charge on any atom is 0.340 e. The predicted molar refractivity (Wildman–Crippen MR) is 81.5 cm³/mol. The molecule has 0 aromatic heterocycles. The molecular weight excluding hydrogens is 521 g/mol. The topological polar surface area (TPSA) is 26.3 Å². The van der Waals surface area contributed by atoms with Gasteiger partial charge in [-0.25, -0.2) is 4.79 Å². The minimum absolute atomic E-state index is 0.272. The third kappa shape index (κ3) is 4.17. The van der Waals surface area contributed by atoms with Crippen LogP contribution in [0.15, 0.2) is 30.3 Å². The fraction of sp³-hybridized carbons (Fsp3) is 0.222. The van der Waals surface area contributed by atoms with Crippen LogP contribution in [0.4, 0.5) is 0 Å². The highest BCUT2D eigenvalue weighted by atomic mass is 127. The molecule has 0 saturated carbocycles. The number of ether oxygens (including phenoxy) is 1. The van der Waals surface area contributed by atoms with Crippen molar-refractivity contribution in [3.8, 4) is 0 Å². The molecule has 0 saturated heterocycles. The molecule has 1 aromatic rings. The number of halogens is 3. The zero-order valence-corrected chi connectivity index (χ0v) is 13.5. The second-order valence-electron chi connectivity index (χ2n) is 2.53. The van der Waals surface area contributed by atoms with Gasteiger partial charge in [0.15, 0.2) is 0 Å². The van der Waals surface area contributed by atoms with Crippen LogP contribution in [0.3, 0.4) is 0 Å². The summed E-state index contributed by atoms with van der Waals surface area (Å²) < 4.78 is 5.60. The molecule has 0 fully saturated rings. The molecule has 5 heteroatoms. The van der Waals surface area contributed by atoms with Gasteiger partial charge >= 0.3 is 5.97 Å². The van der Waals surface area contributed by atoms with Crippen LogP contribution < -0.4 is 0 Å². The minimum atomic E-state index is -0.455. The van der Waals surface area contributed by atoms with Crippen molar-refractivity contribution in [3.05, 3.63) is 35.9 Å². The standard InChI is InChI=1S/C9H7I3O2/c10-6-9(11,12)14-8(13)7-4-2-1-3-5-7/h1-5H,6H2. The number of rotatable bonds is 3. The second kappa shape index (κ2) is 5.83. The van der Waals surface area contributed by atoms with Crippen molar-refractivity contribution in [3.63, 3.8) is 0 Å². The van der Waals surface area contributed by atoms with E-state index in [-0.39, 0.29) is 5.97 Å². The van der Waals surface area contributed by atoms with Crippen LogP contribution in [0.2, 0.25) is 0 Å². The molecule has 0 atom stereocenters. The van der Waals surface area contributed by atoms with Crippen LogP contribution >= 0.6 is 67.8 Å². The number of esters is 1. The molecule has 2 nitrogen and oxygen atoms in total. The summed E-state index contributed by atoms with van der Waals surface area (Å²) in [7, 11) is 0. The molecule has 0 aliphatic carbocycles. The van der Waals surface area contributed by atoms with Crippen molar-refractivity contribution in [1.29, 1.82) is 0 Å². The van der Waals surface area contributed by atoms with Crippen LogP contribution in [0.5, 0.6) is 0 Å². The summed E-state index contributed by atoms with van der Waals surface area (Å²) in [4.78, 5) is 11.6. The van der Waals surface area contributed by atoms with Gasteiger partial charge in [0.25, 0.3) is 0 Å². The van der Waals surface area contributed by atoms with Gasteiger partial charge in [0, 0.05) is 0 Å². The number of benzene rings is 1. The Hall–Kier alpha value is 0.880. The maximum atomic E-state index is 11.6. The Balaban J connectivity index is 2.69. The third-order valence-electron chi connectivity index (χ3n) is 1.41. The van der Waals surface area contributed by atoms with E-state index in [0.717, 1.165) is 4.43 Å². The Labute approximate surface area is 124 Å². The van der Waals surface area contributed by atoms with Gasteiger partial charge in [0.2, 0.25) is 1.61 Å². The molecule has 0 radical (unpaired) electrons. The van der Waals surface area contributed by atoms with Gasteiger partial charge in [-0.05, 0) is 57.3 Å². The maximum absolute atomic E-state index is 11.6. The Bertz CT molecular complexity index is 311. The largest absolute Gasteiger partial charge is 0.434 e. The molecule has 76 valence electrons. The molecule has 0 aliphatic heterocycles. The molecule has 0 bridgehead atoms. The van der Waals surface area contributed by atoms with E-state index in [0.29, 0.717) is 5.56 Å². The van der Waals surface area contributed by atoms with Crippen molar-refractivity contribution >= 4 is 73.7 Å². The fourth-order valence-corrected chi connectivity index (χ4v) is 1.35. The van der Waals surface area contributed by atoms with Gasteiger partial charge < -0.3 is 4.74 Å². The number of hydrogen-bond acceptors (Lipinski definition) is 2. The van der Waals surface area contributed by atoms with Gasteiger partial charge in [-0.3, -0.25) is 0 Å². The zero-order chi connectivity index (χ0) is 10.6. The monoisotopic (exact) mass is 528 g/mol. The van der Waals surface area contributed by atoms with E-state index >= 15 is 0 Å². The molecule has 0 amide bonds. The molecule has 14 heavy (non-hydrogen) atoms. The van der Waals surface area contributed by atoms with Crippen molar-refractivity contribution in [1.82, 2.24) is 0 Å². The Morgan fingerprint density at radius 3 is 2.36 bits per heavy atom. The van der Waals surface area contributed by atoms with E-state index in [4.69, 9.17) is 4.74 Å². The average Bonchev–Trinajstić information content (AvgIpc) is 2.19. The summed E-state index contributed by atoms with van der Waals surface area (Å²) in [6, 6.07) is 9.01. The SMILES string of the molecule is O=C(OC(I)(I)CI)c1ccccc1. The van der Waals surface area contributed by atoms with Crippen LogP contribution in [0.1, 0.15) is 10.4 Å². The zero-order valence-electron chi connectivity index (χ0n) is 7.04. The molecular formula is C9H7I3O2. The molecule has 1 rings (SSSR count). The summed E-state index contributed by atoms with van der Waals surface area (Å²) in [5.41, 5.74) is 0.593. The first-order chi connectivity index (χ1) is 6.55. The van der Waals surface area contributed by atoms with Crippen molar-refractivity contribution < 1.29 is 9.53 Å². The van der Waals surface area contributed by atoms with Crippen molar-refractivity contribution in [2.45, 2.75) is 1.61 Å². The quantitative estimate of drug-likeness (QED) is 0.340. The molecule has 0 N–H and O–H groups in total. The highest BCUT2D eigenvalue weighted by molar-refractivity contribution is 14.2. The van der Waals surface area contributed by atoms with E-state index in [1.807, 2.05) is 18.2 Å². The third-order valence-corrected chi connectivity index (χ3v) is 6.60. The lowest BCUT2D eigenvalue weighted by Crippen LogP contribution is -2.22. The van der Waals surface area contributed by atoms with Gasteiger partial charge in [0.05, 0.1) is 9.99 Å². The van der Waals surface area contributed by atoms with E-state index in [1.54, 1.807) is 12.1 Å². The highest BCUT2D eigenvalue weighted by Crippen LogP contribution is 2.32. The van der Waals surface area contributed by atoms with Crippen LogP contribution in [0, 0.1) is 0 Å². The summed E-state index contributed by atoms with van der Waals surface area (Å²) in [6.45, 7) is 0. The molecule has 0 unspecified atom stereocenters. The van der Waals surface area contributed by atoms with E-state index < -0.39 is 1.61 Å². The number of alkyl halides is 3. The first kappa shape index (κ1) is 12.9. The lowest BCUT2D eigenvalue weighted by molar-refractivity contribution is 0.0489. The van der Waals surface area contributed by atoms with Crippen molar-refractivity contribution in [2.75, 3.05) is 4.43 Å². The van der Waals surface area contributed by atoms with Gasteiger partial charge in [-0.1, -0.05) is 40.8 Å². The highest BCUT2D eigenvalue weighted by Gasteiger charge is 2.26. The first-order valence-electron chi connectivity index (χ1n) is 3.77. The Morgan fingerprint density at radius 2 is 1.86 bits per heavy atom. The molecule has 0 spiro atoms. The number of hydrogen-bond donors (Lipinski definition) is 0. The van der Waals surface area contributed by atoms with Crippen molar-refractivity contribution in [2.24, 2.45) is 0 Å². The lowest BCUT2D eigenvalue weighted by Gasteiger charge is -2.18. The normalized spacial score (nSPS) is 11.1. The Kier molecular flexibility index (Phi) is 5.39. The molecule has 0 heterocycles. The van der Waals surface area contributed by atoms with E-state index in [9.17, 15) is 4.79 Å². The molecule has 1 aromatic carbocycles. The van der Waals surface area contributed by atoms with Crippen LogP contribution in [-0.2, 0) is 4.74 Å². The van der Waals surface area contributed by atoms with Gasteiger partial charge in [-0.15, -0.1) is 0 Å². The summed E-state index contributed by atoms with van der Waals surface area (Å²) in [6.07, 6.45) is 0. The van der Waals surface area contributed by atoms with Gasteiger partial charge in [0.1, 0.15) is 0 Å². The summed E-state index contributed by atoms with van der Waals surface area (Å²) in [5.74, 6) is -0.272. The van der Waals surface area contributed by atoms with E-state index in [2.05, 4.69) is 67.8 Å². The lowest BCUT2D eigenvalue weighted by atomic mass is 10.2. The van der Waals surface area contributed by atoms with Gasteiger partial charge in [-0.2, -0.15) is 0 Å².